The van der Waals surface area contributed by atoms with Gasteiger partial charge in [-0.25, -0.2) is 4.79 Å². The molecule has 0 aliphatic heterocycles. The Balaban J connectivity index is 1.21. The van der Waals surface area contributed by atoms with Crippen molar-refractivity contribution >= 4 is 18.0 Å². The van der Waals surface area contributed by atoms with Crippen LogP contribution < -0.4 is 10.6 Å². The van der Waals surface area contributed by atoms with Gasteiger partial charge in [0, 0.05) is 12.0 Å². The van der Waals surface area contributed by atoms with Crippen molar-refractivity contribution in [1.82, 2.24) is 10.6 Å². The minimum atomic E-state index is -0.968. The van der Waals surface area contributed by atoms with Gasteiger partial charge in [0.1, 0.15) is 12.1 Å². The maximum atomic E-state index is 13.0. The minimum Gasteiger partial charge on any atom is -0.481 e. The van der Waals surface area contributed by atoms with Gasteiger partial charge in [-0.2, -0.15) is 0 Å². The Bertz CT molecular complexity index is 1050. The van der Waals surface area contributed by atoms with Crippen LogP contribution in [0, 0.1) is 5.92 Å². The lowest BCUT2D eigenvalue weighted by molar-refractivity contribution is -0.141. The van der Waals surface area contributed by atoms with Crippen molar-refractivity contribution in [3.8, 4) is 11.1 Å². The summed E-state index contributed by atoms with van der Waals surface area (Å²) in [5, 5.41) is 15.0. The number of carbonyl (C=O) groups is 3. The van der Waals surface area contributed by atoms with Crippen molar-refractivity contribution in [2.75, 3.05) is 6.61 Å². The summed E-state index contributed by atoms with van der Waals surface area (Å²) in [7, 11) is 0. The molecule has 172 valence electrons. The summed E-state index contributed by atoms with van der Waals surface area (Å²) in [6, 6.07) is 16.1. The first kappa shape index (κ1) is 21.5. The maximum absolute atomic E-state index is 13.0. The van der Waals surface area contributed by atoms with Crippen LogP contribution in [0.2, 0.25) is 0 Å². The molecule has 2 saturated carbocycles. The summed E-state index contributed by atoms with van der Waals surface area (Å²) in [6.07, 6.45) is 3.00. The Morgan fingerprint density at radius 1 is 0.970 bits per heavy atom. The number of aliphatic carboxylic acids is 1. The molecule has 7 heteroatoms. The van der Waals surface area contributed by atoms with E-state index in [0.717, 1.165) is 28.7 Å². The normalized spacial score (nSPS) is 22.5. The number of ether oxygens (including phenoxy) is 1. The molecule has 2 fully saturated rings. The van der Waals surface area contributed by atoms with Crippen molar-refractivity contribution in [2.45, 2.75) is 56.0 Å². The first-order valence-corrected chi connectivity index (χ1v) is 11.6. The number of amides is 2. The highest BCUT2D eigenvalue weighted by Crippen LogP contribution is 2.44. The van der Waals surface area contributed by atoms with Crippen molar-refractivity contribution in [1.29, 1.82) is 0 Å². The van der Waals surface area contributed by atoms with Crippen LogP contribution in [-0.2, 0) is 14.3 Å². The van der Waals surface area contributed by atoms with Gasteiger partial charge in [0.25, 0.3) is 0 Å². The number of carbonyl (C=O) groups excluding carboxylic acids is 2. The van der Waals surface area contributed by atoms with Gasteiger partial charge in [-0.3, -0.25) is 9.59 Å². The lowest BCUT2D eigenvalue weighted by Crippen LogP contribution is -2.64. The van der Waals surface area contributed by atoms with E-state index in [2.05, 4.69) is 34.9 Å². The largest absolute Gasteiger partial charge is 0.481 e. The average Bonchev–Trinajstić information content (AvgIpc) is 3.38. The van der Waals surface area contributed by atoms with Gasteiger partial charge in [-0.1, -0.05) is 48.5 Å². The van der Waals surface area contributed by atoms with Crippen molar-refractivity contribution in [2.24, 2.45) is 5.92 Å². The molecule has 0 bridgehead atoms. The average molecular weight is 449 g/mol. The van der Waals surface area contributed by atoms with Crippen LogP contribution in [0.25, 0.3) is 11.1 Å². The van der Waals surface area contributed by atoms with E-state index < -0.39 is 23.5 Å². The van der Waals surface area contributed by atoms with Crippen LogP contribution in [0.5, 0.6) is 0 Å². The zero-order valence-electron chi connectivity index (χ0n) is 18.4. The molecule has 3 aliphatic carbocycles. The molecule has 2 amide bonds. The van der Waals surface area contributed by atoms with Crippen LogP contribution in [0.3, 0.4) is 0 Å². The number of alkyl carbamates (subject to hydrolysis) is 1. The topological polar surface area (TPSA) is 105 Å². The molecule has 0 spiro atoms. The molecule has 0 aromatic heterocycles. The van der Waals surface area contributed by atoms with E-state index in [1.54, 1.807) is 0 Å². The van der Waals surface area contributed by atoms with Crippen molar-refractivity contribution < 1.29 is 24.2 Å². The molecule has 0 saturated heterocycles. The van der Waals surface area contributed by atoms with Crippen molar-refractivity contribution in [3.05, 3.63) is 59.7 Å². The van der Waals surface area contributed by atoms with Crippen LogP contribution >= 0.6 is 0 Å². The van der Waals surface area contributed by atoms with Gasteiger partial charge in [0.05, 0.1) is 5.92 Å². The monoisotopic (exact) mass is 448 g/mol. The number of hydrogen-bond acceptors (Lipinski definition) is 4. The molecule has 7 nitrogen and oxygen atoms in total. The number of hydrogen-bond donors (Lipinski definition) is 3. The Labute approximate surface area is 192 Å². The molecular weight excluding hydrogens is 420 g/mol. The van der Waals surface area contributed by atoms with Gasteiger partial charge < -0.3 is 20.5 Å². The van der Waals surface area contributed by atoms with E-state index in [-0.39, 0.29) is 24.5 Å². The molecule has 2 aromatic carbocycles. The Hall–Kier alpha value is -3.35. The highest BCUT2D eigenvalue weighted by atomic mass is 16.5. The van der Waals surface area contributed by atoms with E-state index in [9.17, 15) is 19.5 Å². The highest BCUT2D eigenvalue weighted by Gasteiger charge is 2.47. The standard InChI is InChI=1S/C26H28N2O5/c29-23(30)16-10-11-17(14-16)27-24(31)26(12-5-13-26)28-25(32)33-15-22-20-8-3-1-6-18(20)19-7-2-4-9-21(19)22/h1-4,6-9,16-17,22H,5,10-15H2,(H,27,31)(H,28,32)(H,29,30)/t16-,17+/m1/s1. The molecule has 33 heavy (non-hydrogen) atoms. The number of benzene rings is 2. The lowest BCUT2D eigenvalue weighted by Gasteiger charge is -2.41. The summed E-state index contributed by atoms with van der Waals surface area (Å²) in [6.45, 7) is 0.195. The number of nitrogens with one attached hydrogen (secondary N) is 2. The maximum Gasteiger partial charge on any atom is 0.408 e. The Morgan fingerprint density at radius 2 is 1.61 bits per heavy atom. The van der Waals surface area contributed by atoms with E-state index in [1.807, 2.05) is 24.3 Å². The quantitative estimate of drug-likeness (QED) is 0.623. The smallest absolute Gasteiger partial charge is 0.408 e. The number of carboxylic acids is 1. The second-order valence-electron chi connectivity index (χ2n) is 9.40. The molecule has 0 radical (unpaired) electrons. The Kier molecular flexibility index (Phi) is 5.56. The summed E-state index contributed by atoms with van der Waals surface area (Å²) >= 11 is 0. The third-order valence-corrected chi connectivity index (χ3v) is 7.44. The van der Waals surface area contributed by atoms with Gasteiger partial charge in [0.2, 0.25) is 5.91 Å². The molecule has 0 heterocycles. The molecule has 3 N–H and O–H groups in total. The zero-order chi connectivity index (χ0) is 23.0. The minimum absolute atomic E-state index is 0.0410. The fourth-order valence-corrected chi connectivity index (χ4v) is 5.43. The second kappa shape index (κ2) is 8.54. The second-order valence-corrected chi connectivity index (χ2v) is 9.40. The fourth-order valence-electron chi connectivity index (χ4n) is 5.43. The first-order chi connectivity index (χ1) is 16.0. The van der Waals surface area contributed by atoms with Crippen LogP contribution in [0.1, 0.15) is 55.6 Å². The fraction of sp³-hybridized carbons (Fsp3) is 0.423. The summed E-state index contributed by atoms with van der Waals surface area (Å²) in [4.78, 5) is 36.9. The Morgan fingerprint density at radius 3 is 2.15 bits per heavy atom. The molecule has 5 rings (SSSR count). The summed E-state index contributed by atoms with van der Waals surface area (Å²) in [5.41, 5.74) is 3.62. The van der Waals surface area contributed by atoms with Gasteiger partial charge in [0.15, 0.2) is 0 Å². The summed E-state index contributed by atoms with van der Waals surface area (Å²) < 4.78 is 5.63. The SMILES string of the molecule is O=C(NC1(C(=O)N[C@H]2CC[C@@H](C(=O)O)C2)CCC1)OCC1c2ccccc2-c2ccccc21. The predicted octanol–water partition coefficient (Wildman–Crippen LogP) is 3.82. The lowest BCUT2D eigenvalue weighted by atomic mass is 9.76. The van der Waals surface area contributed by atoms with Gasteiger partial charge >= 0.3 is 12.1 Å². The number of rotatable bonds is 6. The summed E-state index contributed by atoms with van der Waals surface area (Å²) in [5.74, 6) is -1.51. The van der Waals surface area contributed by atoms with Gasteiger partial charge in [-0.05, 0) is 60.8 Å². The predicted molar refractivity (Wildman–Crippen MR) is 122 cm³/mol. The van der Waals surface area contributed by atoms with Crippen LogP contribution in [0.4, 0.5) is 4.79 Å². The van der Waals surface area contributed by atoms with E-state index in [1.165, 1.54) is 0 Å². The molecule has 3 aliphatic rings. The van der Waals surface area contributed by atoms with Crippen LogP contribution in [-0.4, -0.2) is 41.3 Å². The third-order valence-electron chi connectivity index (χ3n) is 7.44. The van der Waals surface area contributed by atoms with Gasteiger partial charge in [-0.15, -0.1) is 0 Å². The van der Waals surface area contributed by atoms with Crippen LogP contribution in [0.15, 0.2) is 48.5 Å². The van der Waals surface area contributed by atoms with E-state index in [4.69, 9.17) is 4.74 Å². The van der Waals surface area contributed by atoms with E-state index in [0.29, 0.717) is 32.1 Å². The van der Waals surface area contributed by atoms with Crippen molar-refractivity contribution in [3.63, 3.8) is 0 Å². The number of fused-ring (bicyclic) bond motifs is 3. The highest BCUT2D eigenvalue weighted by molar-refractivity contribution is 5.91. The first-order valence-electron chi connectivity index (χ1n) is 11.6. The van der Waals surface area contributed by atoms with E-state index >= 15 is 0 Å². The zero-order valence-corrected chi connectivity index (χ0v) is 18.4. The molecule has 2 atom stereocenters. The molecular formula is C26H28N2O5. The third kappa shape index (κ3) is 3.96. The number of carboxylic acid groups (broad SMARTS) is 1. The molecule has 2 aromatic rings. The molecule has 0 unspecified atom stereocenters.